The fourth-order valence-corrected chi connectivity index (χ4v) is 5.06. The van der Waals surface area contributed by atoms with Crippen LogP contribution in [0.3, 0.4) is 0 Å². The van der Waals surface area contributed by atoms with Gasteiger partial charge in [-0.25, -0.2) is 4.99 Å². The Hall–Kier alpha value is -3.13. The zero-order valence-electron chi connectivity index (χ0n) is 22.1. The number of nitrogens with zero attached hydrogens (tertiary/aromatic N) is 3. The van der Waals surface area contributed by atoms with Gasteiger partial charge in [0.1, 0.15) is 10.7 Å². The second kappa shape index (κ2) is 13.4. The Labute approximate surface area is 222 Å². The molecule has 1 aromatic heterocycles. The minimum Gasteiger partial charge on any atom is -0.337 e. The third-order valence-corrected chi connectivity index (χ3v) is 6.88. The highest BCUT2D eigenvalue weighted by molar-refractivity contribution is 8.19. The van der Waals surface area contributed by atoms with Crippen LogP contribution in [0.5, 0.6) is 0 Å². The Balaban J connectivity index is 2.44. The molecule has 1 aliphatic heterocycles. The van der Waals surface area contributed by atoms with Crippen molar-refractivity contribution in [2.45, 2.75) is 53.1 Å². The lowest BCUT2D eigenvalue weighted by atomic mass is 9.97. The molecule has 0 saturated heterocycles. The number of carbonyl (C=O) groups is 1. The van der Waals surface area contributed by atoms with Gasteiger partial charge >= 0.3 is 6.18 Å². The maximum absolute atomic E-state index is 13.5. The molecule has 0 bridgehead atoms. The van der Waals surface area contributed by atoms with E-state index in [2.05, 4.69) is 43.1 Å². The molecule has 0 N–H and O–H groups in total. The monoisotopic (exact) mass is 529 g/mol. The molecule has 198 valence electrons. The van der Waals surface area contributed by atoms with Gasteiger partial charge < -0.3 is 4.90 Å². The second-order valence-corrected chi connectivity index (χ2v) is 9.70. The summed E-state index contributed by atoms with van der Waals surface area (Å²) in [6.45, 7) is 16.0. The Bertz CT molecular complexity index is 1190. The maximum atomic E-state index is 13.5. The largest absolute Gasteiger partial charge is 0.433 e. The first-order valence-corrected chi connectivity index (χ1v) is 12.9. The summed E-state index contributed by atoms with van der Waals surface area (Å²) in [5, 5.41) is 0.569. The van der Waals surface area contributed by atoms with Gasteiger partial charge in [0.05, 0.1) is 4.91 Å². The van der Waals surface area contributed by atoms with Gasteiger partial charge in [-0.3, -0.25) is 9.78 Å². The van der Waals surface area contributed by atoms with E-state index in [1.165, 1.54) is 30.2 Å². The van der Waals surface area contributed by atoms with E-state index in [4.69, 9.17) is 0 Å². The molecule has 0 aliphatic carbocycles. The van der Waals surface area contributed by atoms with Crippen molar-refractivity contribution in [1.29, 1.82) is 0 Å². The highest BCUT2D eigenvalue weighted by Crippen LogP contribution is 2.42. The topological polar surface area (TPSA) is 45.6 Å². The number of likely N-dealkylation sites (N-methyl/N-ethyl adjacent to an activating group) is 1. The molecule has 0 aromatic carbocycles. The summed E-state index contributed by atoms with van der Waals surface area (Å²) in [6.07, 6.45) is 6.92. The van der Waals surface area contributed by atoms with Gasteiger partial charge in [0.25, 0.3) is 5.91 Å². The van der Waals surface area contributed by atoms with Gasteiger partial charge in [0, 0.05) is 31.6 Å². The van der Waals surface area contributed by atoms with E-state index in [9.17, 15) is 18.0 Å². The first-order chi connectivity index (χ1) is 17.4. The molecular weight excluding hydrogens is 495 g/mol. The van der Waals surface area contributed by atoms with Crippen LogP contribution in [0.25, 0.3) is 5.57 Å². The van der Waals surface area contributed by atoms with Gasteiger partial charge in [-0.05, 0) is 55.0 Å². The molecule has 0 radical (unpaired) electrons. The fraction of sp³-hybridized carbons (Fsp3) is 0.345. The first-order valence-electron chi connectivity index (χ1n) is 12.1. The molecule has 0 spiro atoms. The lowest BCUT2D eigenvalue weighted by Gasteiger charge is -2.19. The number of rotatable bonds is 10. The molecule has 8 heteroatoms. The van der Waals surface area contributed by atoms with E-state index < -0.39 is 11.9 Å². The lowest BCUT2D eigenvalue weighted by molar-refractivity contribution is -0.141. The molecule has 1 amide bonds. The number of alkyl halides is 3. The molecule has 37 heavy (non-hydrogen) atoms. The molecule has 0 atom stereocenters. The Morgan fingerprint density at radius 3 is 2.51 bits per heavy atom. The van der Waals surface area contributed by atoms with Crippen molar-refractivity contribution in [3.63, 3.8) is 0 Å². The van der Waals surface area contributed by atoms with E-state index in [-0.39, 0.29) is 5.91 Å². The Morgan fingerprint density at radius 1 is 1.27 bits per heavy atom. The van der Waals surface area contributed by atoms with Crippen LogP contribution < -0.4 is 0 Å². The van der Waals surface area contributed by atoms with Gasteiger partial charge in [0.15, 0.2) is 0 Å². The first kappa shape index (κ1) is 30.1. The standard InChI is InChI=1S/C29H34F3N3OS/c1-8-11-13-22(16-19(4)12-9-2)18-35(7)28(36)26-21(6)25(27(37-26)33-10-3)20(5)23-14-15-24(34-17-23)29(30,31)32/h10-11,13-17H,3-4,8-9,12,18H2,1-2,5-7H3/b13-11-,22-16+,25-20+,33-27+. The van der Waals surface area contributed by atoms with Crippen molar-refractivity contribution in [3.8, 4) is 0 Å². The molecule has 0 saturated carbocycles. The van der Waals surface area contributed by atoms with Crippen LogP contribution in [0, 0.1) is 0 Å². The molecule has 0 unspecified atom stereocenters. The summed E-state index contributed by atoms with van der Waals surface area (Å²) in [5.74, 6) is -0.162. The van der Waals surface area contributed by atoms with E-state index in [0.29, 0.717) is 38.8 Å². The van der Waals surface area contributed by atoms with E-state index in [1.54, 1.807) is 18.9 Å². The van der Waals surface area contributed by atoms with Crippen LogP contribution >= 0.6 is 11.8 Å². The van der Waals surface area contributed by atoms with Crippen LogP contribution in [-0.4, -0.2) is 34.4 Å². The predicted octanol–water partition coefficient (Wildman–Crippen LogP) is 8.14. The van der Waals surface area contributed by atoms with Crippen molar-refractivity contribution < 1.29 is 18.0 Å². The summed E-state index contributed by atoms with van der Waals surface area (Å²) in [6, 6.07) is 2.34. The lowest BCUT2D eigenvalue weighted by Crippen LogP contribution is -2.29. The number of aromatic nitrogens is 1. The molecule has 1 aliphatic rings. The Morgan fingerprint density at radius 2 is 1.97 bits per heavy atom. The highest BCUT2D eigenvalue weighted by atomic mass is 32.2. The minimum atomic E-state index is -4.51. The highest BCUT2D eigenvalue weighted by Gasteiger charge is 2.33. The quantitative estimate of drug-likeness (QED) is 0.287. The number of allylic oxidation sites excluding steroid dienone is 5. The normalized spacial score (nSPS) is 17.1. The number of halogens is 3. The molecule has 2 heterocycles. The summed E-state index contributed by atoms with van der Waals surface area (Å²) in [7, 11) is 1.75. The van der Waals surface area contributed by atoms with Crippen molar-refractivity contribution in [2.24, 2.45) is 4.99 Å². The molecule has 2 rings (SSSR count). The van der Waals surface area contributed by atoms with E-state index in [1.807, 2.05) is 19.1 Å². The summed E-state index contributed by atoms with van der Waals surface area (Å²) in [4.78, 5) is 23.6. The average molecular weight is 530 g/mol. The number of aliphatic imine (C=N–C) groups is 1. The van der Waals surface area contributed by atoms with Gasteiger partial charge in [-0.1, -0.05) is 75.1 Å². The van der Waals surface area contributed by atoms with Crippen molar-refractivity contribution >= 4 is 28.3 Å². The van der Waals surface area contributed by atoms with E-state index >= 15 is 0 Å². The van der Waals surface area contributed by atoms with Crippen LogP contribution in [0.1, 0.15) is 58.2 Å². The van der Waals surface area contributed by atoms with E-state index in [0.717, 1.165) is 36.5 Å². The smallest absolute Gasteiger partial charge is 0.337 e. The van der Waals surface area contributed by atoms with Gasteiger partial charge in [0.2, 0.25) is 0 Å². The number of thioether (sulfide) groups is 1. The molecular formula is C29H34F3N3OS. The van der Waals surface area contributed by atoms with Crippen molar-refractivity contribution in [3.05, 3.63) is 94.4 Å². The number of hydrogen-bond acceptors (Lipinski definition) is 4. The predicted molar refractivity (Wildman–Crippen MR) is 149 cm³/mol. The SMILES string of the molecule is C=C/N=C1/SC(C(=O)N(C)CC(/C=C\CC)=C/C(=C)CCC)=C(C)/C1=C(/C)c1ccc(C(F)(F)F)nc1. The third-order valence-electron chi connectivity index (χ3n) is 5.69. The van der Waals surface area contributed by atoms with Crippen LogP contribution in [-0.2, 0) is 11.0 Å². The van der Waals surface area contributed by atoms with Gasteiger partial charge in [-0.15, -0.1) is 0 Å². The number of carbonyl (C=O) groups excluding carboxylic acids is 1. The Kier molecular flexibility index (Phi) is 10.9. The van der Waals surface area contributed by atoms with Crippen LogP contribution in [0.15, 0.2) is 88.1 Å². The number of amides is 1. The number of hydrogen-bond donors (Lipinski definition) is 0. The molecule has 0 fully saturated rings. The second-order valence-electron chi connectivity index (χ2n) is 8.70. The molecule has 1 aromatic rings. The van der Waals surface area contributed by atoms with Crippen molar-refractivity contribution in [1.82, 2.24) is 9.88 Å². The number of pyridine rings is 1. The zero-order valence-corrected chi connectivity index (χ0v) is 22.9. The molecule has 4 nitrogen and oxygen atoms in total. The zero-order chi connectivity index (χ0) is 27.8. The van der Waals surface area contributed by atoms with Crippen LogP contribution in [0.2, 0.25) is 0 Å². The van der Waals surface area contributed by atoms with Crippen LogP contribution in [0.4, 0.5) is 13.2 Å². The fourth-order valence-electron chi connectivity index (χ4n) is 3.84. The summed E-state index contributed by atoms with van der Waals surface area (Å²) in [5.41, 5.74) is 3.65. The summed E-state index contributed by atoms with van der Waals surface area (Å²) >= 11 is 1.24. The minimum absolute atomic E-state index is 0.162. The van der Waals surface area contributed by atoms with Crippen molar-refractivity contribution in [2.75, 3.05) is 13.6 Å². The maximum Gasteiger partial charge on any atom is 0.433 e. The average Bonchev–Trinajstić information content (AvgIpc) is 3.16. The summed E-state index contributed by atoms with van der Waals surface area (Å²) < 4.78 is 38.9. The third kappa shape index (κ3) is 7.92. The van der Waals surface area contributed by atoms with Gasteiger partial charge in [-0.2, -0.15) is 13.2 Å².